The molecule has 0 fully saturated rings. The van der Waals surface area contributed by atoms with Crippen molar-refractivity contribution in [3.8, 4) is 11.1 Å². The number of rotatable bonds is 10. The number of unbranched alkanes of at least 4 members (excludes halogenated alkanes) is 6. The van der Waals surface area contributed by atoms with Gasteiger partial charge in [-0.15, -0.1) is 0 Å². The molecule has 2 heteroatoms. The van der Waals surface area contributed by atoms with Crippen molar-refractivity contribution >= 4 is 31.9 Å². The highest BCUT2D eigenvalue weighted by Crippen LogP contribution is 2.57. The smallest absolute Gasteiger partial charge is 0.0237 e. The number of hydrogen-bond donors (Lipinski definition) is 0. The first kappa shape index (κ1) is 23.1. The van der Waals surface area contributed by atoms with Crippen molar-refractivity contribution in [3.63, 3.8) is 0 Å². The third-order valence-electron chi connectivity index (χ3n) is 6.86. The molecule has 158 valence electrons. The molecule has 0 unspecified atom stereocenters. The van der Waals surface area contributed by atoms with Crippen LogP contribution in [-0.2, 0) is 5.41 Å². The zero-order valence-electron chi connectivity index (χ0n) is 18.6. The van der Waals surface area contributed by atoms with Crippen molar-refractivity contribution in [1.82, 2.24) is 0 Å². The van der Waals surface area contributed by atoms with Crippen molar-refractivity contribution in [3.05, 3.63) is 55.5 Å². The molecule has 29 heavy (non-hydrogen) atoms. The molecule has 0 saturated heterocycles. The van der Waals surface area contributed by atoms with E-state index in [0.717, 1.165) is 0 Å². The molecule has 0 heterocycles. The molecule has 0 amide bonds. The summed E-state index contributed by atoms with van der Waals surface area (Å²) in [6.45, 7) is 9.19. The Balaban J connectivity index is 2.14. The lowest BCUT2D eigenvalue weighted by Crippen LogP contribution is -2.27. The fourth-order valence-electron chi connectivity index (χ4n) is 5.42. The van der Waals surface area contributed by atoms with Crippen LogP contribution in [0.3, 0.4) is 0 Å². The Hall–Kier alpha value is -0.600. The van der Waals surface area contributed by atoms with Gasteiger partial charge in [-0.25, -0.2) is 0 Å². The molecular weight excluding hydrogens is 484 g/mol. The zero-order valence-corrected chi connectivity index (χ0v) is 21.8. The summed E-state index contributed by atoms with van der Waals surface area (Å²) >= 11 is 7.71. The first-order valence-electron chi connectivity index (χ1n) is 11.6. The topological polar surface area (TPSA) is 0 Å². The van der Waals surface area contributed by atoms with Crippen LogP contribution >= 0.6 is 31.9 Å². The predicted molar refractivity (Wildman–Crippen MR) is 135 cm³/mol. The lowest BCUT2D eigenvalue weighted by Gasteiger charge is -2.34. The molecule has 2 aromatic rings. The van der Waals surface area contributed by atoms with Gasteiger partial charge in [0.25, 0.3) is 0 Å². The molecule has 1 aliphatic rings. The van der Waals surface area contributed by atoms with Gasteiger partial charge in [0.15, 0.2) is 0 Å². The second-order valence-electron chi connectivity index (χ2n) is 8.95. The predicted octanol–water partition coefficient (Wildman–Crippen LogP) is 10.0. The molecule has 1 aliphatic carbocycles. The highest BCUT2D eigenvalue weighted by molar-refractivity contribution is 9.10. The fraction of sp³-hybridized carbons (Fsp3) is 0.556. The quantitative estimate of drug-likeness (QED) is 0.274. The van der Waals surface area contributed by atoms with Gasteiger partial charge in [0.05, 0.1) is 0 Å². The van der Waals surface area contributed by atoms with Crippen LogP contribution in [0, 0.1) is 13.8 Å². The largest absolute Gasteiger partial charge is 0.0654 e. The minimum atomic E-state index is 0.163. The van der Waals surface area contributed by atoms with Crippen molar-refractivity contribution in [2.24, 2.45) is 0 Å². The minimum Gasteiger partial charge on any atom is -0.0654 e. The average molecular weight is 520 g/mol. The first-order chi connectivity index (χ1) is 14.0. The van der Waals surface area contributed by atoms with Crippen molar-refractivity contribution in [2.45, 2.75) is 97.3 Å². The van der Waals surface area contributed by atoms with E-state index in [1.807, 2.05) is 0 Å². The molecule has 0 aliphatic heterocycles. The molecule has 0 saturated carbocycles. The molecule has 2 aromatic carbocycles. The van der Waals surface area contributed by atoms with Gasteiger partial charge in [0, 0.05) is 14.4 Å². The Labute approximate surface area is 195 Å². The molecule has 0 atom stereocenters. The standard InChI is InChI=1S/C27H36Br2/c1-5-7-9-11-15-27(16-12-10-8-6-2)24-18-21(28)13-14-22(24)23-17-19(3)26(29)20(4)25(23)27/h13-14,17-18H,5-12,15-16H2,1-4H3. The van der Waals surface area contributed by atoms with Crippen LogP contribution in [0.5, 0.6) is 0 Å². The maximum atomic E-state index is 3.92. The maximum absolute atomic E-state index is 3.92. The lowest BCUT2D eigenvalue weighted by atomic mass is 9.69. The first-order valence-corrected chi connectivity index (χ1v) is 13.2. The second kappa shape index (κ2) is 10.1. The van der Waals surface area contributed by atoms with Crippen molar-refractivity contribution in [2.75, 3.05) is 0 Å². The Morgan fingerprint density at radius 2 is 1.38 bits per heavy atom. The van der Waals surface area contributed by atoms with Gasteiger partial charge in [-0.05, 0) is 78.3 Å². The summed E-state index contributed by atoms with van der Waals surface area (Å²) < 4.78 is 2.51. The summed E-state index contributed by atoms with van der Waals surface area (Å²) in [5.74, 6) is 0. The summed E-state index contributed by atoms with van der Waals surface area (Å²) in [5.41, 5.74) is 9.09. The van der Waals surface area contributed by atoms with Gasteiger partial charge in [0.2, 0.25) is 0 Å². The third-order valence-corrected chi connectivity index (χ3v) is 8.57. The molecule has 0 N–H and O–H groups in total. The van der Waals surface area contributed by atoms with E-state index in [-0.39, 0.29) is 5.41 Å². The van der Waals surface area contributed by atoms with Crippen LogP contribution in [0.1, 0.15) is 100 Å². The monoisotopic (exact) mass is 518 g/mol. The summed E-state index contributed by atoms with van der Waals surface area (Å²) in [7, 11) is 0. The van der Waals surface area contributed by atoms with Gasteiger partial charge >= 0.3 is 0 Å². The highest BCUT2D eigenvalue weighted by Gasteiger charge is 2.44. The zero-order chi connectivity index (χ0) is 21.0. The maximum Gasteiger partial charge on any atom is 0.0237 e. The van der Waals surface area contributed by atoms with Gasteiger partial charge in [-0.1, -0.05) is 103 Å². The summed E-state index contributed by atoms with van der Waals surface area (Å²) in [6, 6.07) is 9.43. The van der Waals surface area contributed by atoms with Crippen LogP contribution in [-0.4, -0.2) is 0 Å². The van der Waals surface area contributed by atoms with Crippen LogP contribution in [0.25, 0.3) is 11.1 Å². The Bertz CT molecular complexity index is 838. The molecule has 0 bridgehead atoms. The Morgan fingerprint density at radius 1 is 0.759 bits per heavy atom. The number of hydrogen-bond acceptors (Lipinski definition) is 0. The van der Waals surface area contributed by atoms with E-state index in [1.54, 1.807) is 11.1 Å². The molecule has 3 rings (SSSR count). The van der Waals surface area contributed by atoms with Gasteiger partial charge in [-0.3, -0.25) is 0 Å². The van der Waals surface area contributed by atoms with Crippen LogP contribution in [0.2, 0.25) is 0 Å². The van der Waals surface area contributed by atoms with Gasteiger partial charge in [0.1, 0.15) is 0 Å². The molecule has 0 aromatic heterocycles. The summed E-state index contributed by atoms with van der Waals surface area (Å²) in [4.78, 5) is 0. The normalized spacial score (nSPS) is 14.1. The van der Waals surface area contributed by atoms with Crippen molar-refractivity contribution < 1.29 is 0 Å². The average Bonchev–Trinajstić information content (AvgIpc) is 2.96. The lowest BCUT2D eigenvalue weighted by molar-refractivity contribution is 0.399. The van der Waals surface area contributed by atoms with E-state index in [4.69, 9.17) is 0 Å². The van der Waals surface area contributed by atoms with Crippen molar-refractivity contribution in [1.29, 1.82) is 0 Å². The van der Waals surface area contributed by atoms with Crippen LogP contribution in [0.4, 0.5) is 0 Å². The molecule has 0 radical (unpaired) electrons. The SMILES string of the molecule is CCCCCCC1(CCCCCC)c2cc(Br)ccc2-c2cc(C)c(Br)c(C)c21. The highest BCUT2D eigenvalue weighted by atomic mass is 79.9. The van der Waals surface area contributed by atoms with Crippen LogP contribution in [0.15, 0.2) is 33.2 Å². The fourth-order valence-corrected chi connectivity index (χ4v) is 6.10. The van der Waals surface area contributed by atoms with E-state index in [1.165, 1.54) is 95.4 Å². The Morgan fingerprint density at radius 3 is 1.97 bits per heavy atom. The number of fused-ring (bicyclic) bond motifs is 3. The molecular formula is C27H36Br2. The minimum absolute atomic E-state index is 0.163. The number of aryl methyl sites for hydroxylation is 1. The van der Waals surface area contributed by atoms with E-state index >= 15 is 0 Å². The van der Waals surface area contributed by atoms with Gasteiger partial charge < -0.3 is 0 Å². The molecule has 0 spiro atoms. The number of halogens is 2. The van der Waals surface area contributed by atoms with E-state index in [9.17, 15) is 0 Å². The number of benzene rings is 2. The van der Waals surface area contributed by atoms with Gasteiger partial charge in [-0.2, -0.15) is 0 Å². The van der Waals surface area contributed by atoms with Crippen LogP contribution < -0.4 is 0 Å². The van der Waals surface area contributed by atoms with E-state index in [2.05, 4.69) is 83.8 Å². The third kappa shape index (κ3) is 4.54. The van der Waals surface area contributed by atoms with E-state index in [0.29, 0.717) is 0 Å². The van der Waals surface area contributed by atoms with E-state index < -0.39 is 0 Å². The summed E-state index contributed by atoms with van der Waals surface area (Å²) in [5, 5.41) is 0. The summed E-state index contributed by atoms with van der Waals surface area (Å²) in [6.07, 6.45) is 13.2. The second-order valence-corrected chi connectivity index (χ2v) is 10.7. The Kier molecular flexibility index (Phi) is 8.07. The molecule has 0 nitrogen and oxygen atoms in total.